The van der Waals surface area contributed by atoms with E-state index in [-0.39, 0.29) is 5.91 Å². The number of ether oxygens (including phenoxy) is 2. The summed E-state index contributed by atoms with van der Waals surface area (Å²) in [4.78, 5) is 12.8. The Morgan fingerprint density at radius 2 is 1.46 bits per heavy atom. The molecule has 0 spiro atoms. The number of hydrogen-bond donors (Lipinski definition) is 1. The van der Waals surface area contributed by atoms with Gasteiger partial charge in [-0.1, -0.05) is 60.7 Å². The molecule has 2 aromatic rings. The van der Waals surface area contributed by atoms with E-state index in [2.05, 4.69) is 17.4 Å². The van der Waals surface area contributed by atoms with Crippen molar-refractivity contribution in [3.05, 3.63) is 71.8 Å². The third kappa shape index (κ3) is 6.83. The summed E-state index contributed by atoms with van der Waals surface area (Å²) in [6, 6.07) is 20.0. The largest absolute Gasteiger partial charge is 0.351 e. The lowest BCUT2D eigenvalue weighted by molar-refractivity contribution is -0.150. The van der Waals surface area contributed by atoms with Crippen LogP contribution in [0.3, 0.4) is 0 Å². The molecular formula is C21H27NO3S. The van der Waals surface area contributed by atoms with Gasteiger partial charge in [-0.05, 0) is 25.0 Å². The Hall–Kier alpha value is -1.82. The molecule has 5 heteroatoms. The summed E-state index contributed by atoms with van der Waals surface area (Å²) in [5.74, 6) is 0.655. The summed E-state index contributed by atoms with van der Waals surface area (Å²) in [5.41, 5.74) is 2.24. The second-order valence-electron chi connectivity index (χ2n) is 5.70. The summed E-state index contributed by atoms with van der Waals surface area (Å²) < 4.78 is 11.4. The zero-order chi connectivity index (χ0) is 18.6. The minimum Gasteiger partial charge on any atom is -0.351 e. The lowest BCUT2D eigenvalue weighted by atomic mass is 10.2. The van der Waals surface area contributed by atoms with Crippen molar-refractivity contribution in [2.24, 2.45) is 0 Å². The van der Waals surface area contributed by atoms with Gasteiger partial charge >= 0.3 is 0 Å². The number of benzene rings is 2. The monoisotopic (exact) mass is 373 g/mol. The molecule has 0 aliphatic carbocycles. The topological polar surface area (TPSA) is 47.6 Å². The molecule has 0 radical (unpaired) electrons. The molecule has 2 rings (SSSR count). The molecule has 0 aliphatic heterocycles. The Balaban J connectivity index is 2.03. The molecular weight excluding hydrogens is 346 g/mol. The summed E-state index contributed by atoms with van der Waals surface area (Å²) in [7, 11) is 0. The number of hydrogen-bond acceptors (Lipinski definition) is 4. The molecule has 0 aromatic heterocycles. The van der Waals surface area contributed by atoms with Crippen molar-refractivity contribution >= 4 is 17.7 Å². The van der Waals surface area contributed by atoms with Crippen molar-refractivity contribution in [3.8, 4) is 0 Å². The van der Waals surface area contributed by atoms with Crippen molar-refractivity contribution in [3.63, 3.8) is 0 Å². The van der Waals surface area contributed by atoms with Crippen LogP contribution in [-0.2, 0) is 26.6 Å². The number of rotatable bonds is 11. The van der Waals surface area contributed by atoms with Gasteiger partial charge in [-0.3, -0.25) is 4.79 Å². The van der Waals surface area contributed by atoms with Gasteiger partial charge in [-0.2, -0.15) is 0 Å². The lowest BCUT2D eigenvalue weighted by Crippen LogP contribution is -2.42. The van der Waals surface area contributed by atoms with Crippen LogP contribution < -0.4 is 5.32 Å². The second-order valence-corrected chi connectivity index (χ2v) is 6.83. The van der Waals surface area contributed by atoms with Gasteiger partial charge in [-0.15, -0.1) is 11.8 Å². The highest BCUT2D eigenvalue weighted by atomic mass is 32.2. The van der Waals surface area contributed by atoms with Gasteiger partial charge in [0, 0.05) is 25.5 Å². The highest BCUT2D eigenvalue weighted by molar-refractivity contribution is 7.99. The summed E-state index contributed by atoms with van der Waals surface area (Å²) >= 11 is 1.54. The Bertz CT molecular complexity index is 630. The standard InChI is InChI=1S/C21H27NO3S/c1-3-24-21(25-4-2)19(26-16-18-13-9-6-10-14-18)20(23)22-15-17-11-7-5-8-12-17/h5-14,19,21H,3-4,15-16H2,1-2H3,(H,22,23). The first-order valence-corrected chi connectivity index (χ1v) is 9.99. The molecule has 0 saturated heterocycles. The van der Waals surface area contributed by atoms with E-state index in [9.17, 15) is 4.79 Å². The molecule has 4 nitrogen and oxygen atoms in total. The van der Waals surface area contributed by atoms with Gasteiger partial charge in [0.15, 0.2) is 6.29 Å². The first-order chi connectivity index (χ1) is 12.7. The molecule has 1 unspecified atom stereocenters. The molecule has 1 N–H and O–H groups in total. The number of carbonyl (C=O) groups excluding carboxylic acids is 1. The first-order valence-electron chi connectivity index (χ1n) is 8.95. The van der Waals surface area contributed by atoms with Crippen LogP contribution in [0, 0.1) is 0 Å². The zero-order valence-electron chi connectivity index (χ0n) is 15.4. The van der Waals surface area contributed by atoms with Crippen LogP contribution in [0.2, 0.25) is 0 Å². The fraction of sp³-hybridized carbons (Fsp3) is 0.381. The van der Waals surface area contributed by atoms with Crippen LogP contribution in [0.15, 0.2) is 60.7 Å². The van der Waals surface area contributed by atoms with Crippen molar-refractivity contribution in [1.82, 2.24) is 5.32 Å². The molecule has 0 bridgehead atoms. The van der Waals surface area contributed by atoms with E-state index >= 15 is 0 Å². The summed E-state index contributed by atoms with van der Waals surface area (Å²) in [6.45, 7) is 5.31. The fourth-order valence-corrected chi connectivity index (χ4v) is 3.59. The van der Waals surface area contributed by atoms with Crippen LogP contribution in [-0.4, -0.2) is 30.7 Å². The Labute approximate surface area is 160 Å². The minimum absolute atomic E-state index is 0.0679. The molecule has 1 amide bonds. The normalized spacial score (nSPS) is 12.1. The van der Waals surface area contributed by atoms with Crippen molar-refractivity contribution in [1.29, 1.82) is 0 Å². The SMILES string of the molecule is CCOC(OCC)C(SCc1ccccc1)C(=O)NCc1ccccc1. The maximum absolute atomic E-state index is 12.8. The van der Waals surface area contributed by atoms with Gasteiger partial charge in [0.05, 0.1) is 0 Å². The third-order valence-corrected chi connectivity index (χ3v) is 5.04. The molecule has 26 heavy (non-hydrogen) atoms. The molecule has 1 atom stereocenters. The average molecular weight is 374 g/mol. The van der Waals surface area contributed by atoms with Crippen LogP contribution >= 0.6 is 11.8 Å². The summed E-state index contributed by atoms with van der Waals surface area (Å²) in [5, 5.41) is 2.58. The van der Waals surface area contributed by atoms with Crippen molar-refractivity contribution in [2.75, 3.05) is 13.2 Å². The highest BCUT2D eigenvalue weighted by Gasteiger charge is 2.30. The van der Waals surface area contributed by atoms with Crippen LogP contribution in [0.1, 0.15) is 25.0 Å². The molecule has 0 saturated carbocycles. The molecule has 0 aliphatic rings. The Morgan fingerprint density at radius 3 is 2.00 bits per heavy atom. The molecule has 140 valence electrons. The fourth-order valence-electron chi connectivity index (χ4n) is 2.48. The molecule has 0 heterocycles. The van der Waals surface area contributed by atoms with E-state index in [1.807, 2.05) is 62.4 Å². The predicted molar refractivity (Wildman–Crippen MR) is 107 cm³/mol. The van der Waals surface area contributed by atoms with Crippen LogP contribution in [0.25, 0.3) is 0 Å². The van der Waals surface area contributed by atoms with E-state index in [1.165, 1.54) is 5.56 Å². The Morgan fingerprint density at radius 1 is 0.923 bits per heavy atom. The predicted octanol–water partition coefficient (Wildman–Crippen LogP) is 4.00. The smallest absolute Gasteiger partial charge is 0.238 e. The quantitative estimate of drug-likeness (QED) is 0.605. The number of amides is 1. The van der Waals surface area contributed by atoms with E-state index < -0.39 is 11.5 Å². The third-order valence-electron chi connectivity index (χ3n) is 3.75. The molecule has 0 fully saturated rings. The number of carbonyl (C=O) groups is 1. The van der Waals surface area contributed by atoms with E-state index in [4.69, 9.17) is 9.47 Å². The van der Waals surface area contributed by atoms with Gasteiger partial charge in [-0.25, -0.2) is 0 Å². The average Bonchev–Trinajstić information content (AvgIpc) is 2.68. The first kappa shape index (κ1) is 20.5. The van der Waals surface area contributed by atoms with Gasteiger partial charge in [0.2, 0.25) is 5.91 Å². The minimum atomic E-state index is -0.561. The lowest BCUT2D eigenvalue weighted by Gasteiger charge is -2.25. The summed E-state index contributed by atoms with van der Waals surface area (Å²) in [6.07, 6.45) is -0.561. The van der Waals surface area contributed by atoms with Crippen LogP contribution in [0.5, 0.6) is 0 Å². The van der Waals surface area contributed by atoms with Gasteiger partial charge < -0.3 is 14.8 Å². The van der Waals surface area contributed by atoms with Gasteiger partial charge in [0.1, 0.15) is 5.25 Å². The Kier molecular flexibility index (Phi) is 9.24. The number of thioether (sulfide) groups is 1. The van der Waals surface area contributed by atoms with Gasteiger partial charge in [0.25, 0.3) is 0 Å². The maximum Gasteiger partial charge on any atom is 0.238 e. The van der Waals surface area contributed by atoms with Crippen LogP contribution in [0.4, 0.5) is 0 Å². The number of nitrogens with one attached hydrogen (secondary N) is 1. The highest BCUT2D eigenvalue weighted by Crippen LogP contribution is 2.23. The van der Waals surface area contributed by atoms with Crippen molar-refractivity contribution < 1.29 is 14.3 Å². The van der Waals surface area contributed by atoms with E-state index in [1.54, 1.807) is 11.8 Å². The maximum atomic E-state index is 12.8. The molecule has 2 aromatic carbocycles. The second kappa shape index (κ2) is 11.7. The van der Waals surface area contributed by atoms with E-state index in [0.29, 0.717) is 19.8 Å². The zero-order valence-corrected chi connectivity index (χ0v) is 16.2. The van der Waals surface area contributed by atoms with Crippen molar-refractivity contribution in [2.45, 2.75) is 37.7 Å². The van der Waals surface area contributed by atoms with E-state index in [0.717, 1.165) is 11.3 Å².